The number of benzene rings is 1. The minimum absolute atomic E-state index is 0.0547. The molecule has 12 heteroatoms. The first-order valence-electron chi connectivity index (χ1n) is 11.3. The summed E-state index contributed by atoms with van der Waals surface area (Å²) >= 11 is 0. The summed E-state index contributed by atoms with van der Waals surface area (Å²) in [6.07, 6.45) is 4.73. The summed E-state index contributed by atoms with van der Waals surface area (Å²) in [5.74, 6) is -1.26. The molecule has 194 valence electrons. The number of unbranched alkanes of at least 4 members (excludes halogenated alkanes) is 4. The normalized spacial score (nSPS) is 14.7. The highest BCUT2D eigenvalue weighted by Crippen LogP contribution is 2.43. The minimum Gasteiger partial charge on any atom is -0.493 e. The third-order valence-corrected chi connectivity index (χ3v) is 5.63. The lowest BCUT2D eigenvalue weighted by Gasteiger charge is -2.16. The Labute approximate surface area is 199 Å². The maximum atomic E-state index is 12.0. The van der Waals surface area contributed by atoms with Crippen LogP contribution in [0.4, 0.5) is 0 Å². The molecule has 1 aromatic carbocycles. The summed E-state index contributed by atoms with van der Waals surface area (Å²) < 4.78 is 31.5. The van der Waals surface area contributed by atoms with Crippen LogP contribution in [0.2, 0.25) is 0 Å². The van der Waals surface area contributed by atoms with Gasteiger partial charge in [0.05, 0.1) is 19.8 Å². The molecule has 0 heterocycles. The predicted molar refractivity (Wildman–Crippen MR) is 123 cm³/mol. The van der Waals surface area contributed by atoms with E-state index in [0.717, 1.165) is 24.2 Å². The largest absolute Gasteiger partial charge is 0.493 e. The number of carboxylic acid groups (broad SMARTS) is 1. The number of aryl methyl sites for hydroxylation is 1. The summed E-state index contributed by atoms with van der Waals surface area (Å²) in [7, 11) is -4.62. The van der Waals surface area contributed by atoms with Gasteiger partial charge in [-0.25, -0.2) is 4.57 Å². The zero-order chi connectivity index (χ0) is 25.4. The summed E-state index contributed by atoms with van der Waals surface area (Å²) in [6.45, 7) is 0.899. The van der Waals surface area contributed by atoms with Crippen molar-refractivity contribution in [3.8, 4) is 5.75 Å². The highest BCUT2D eigenvalue weighted by atomic mass is 31.2. The standard InChI is InChI=1S/C22H36NO10P/c1-2-3-4-5-8-13-30-20-10-7-6-9-17(20)11-12-21(25)31-14-18(24)15-32-34(28,29)33-16-19(23)22(26)27/h6-7,9-10,18-19,24H,2-5,8,11-16,23H2,1H3,(H,26,27)(H,28,29)/t18-,19+/m1/s1. The van der Waals surface area contributed by atoms with Gasteiger partial charge in [-0.3, -0.25) is 18.6 Å². The van der Waals surface area contributed by atoms with E-state index in [-0.39, 0.29) is 6.42 Å². The molecule has 5 N–H and O–H groups in total. The van der Waals surface area contributed by atoms with Gasteiger partial charge in [-0.1, -0.05) is 50.8 Å². The number of carboxylic acids is 1. The number of phosphoric ester groups is 1. The van der Waals surface area contributed by atoms with E-state index in [4.69, 9.17) is 20.3 Å². The molecule has 0 amide bonds. The predicted octanol–water partition coefficient (Wildman–Crippen LogP) is 2.42. The quantitative estimate of drug-likeness (QED) is 0.123. The highest BCUT2D eigenvalue weighted by Gasteiger charge is 2.26. The van der Waals surface area contributed by atoms with Gasteiger partial charge in [0.25, 0.3) is 0 Å². The topological polar surface area (TPSA) is 175 Å². The molecule has 11 nitrogen and oxygen atoms in total. The molecule has 0 aliphatic rings. The van der Waals surface area contributed by atoms with E-state index in [1.54, 1.807) is 0 Å². The Kier molecular flexibility index (Phi) is 14.6. The molecule has 0 spiro atoms. The first-order valence-corrected chi connectivity index (χ1v) is 12.8. The van der Waals surface area contributed by atoms with Gasteiger partial charge in [0, 0.05) is 6.42 Å². The van der Waals surface area contributed by atoms with Gasteiger partial charge in [0.1, 0.15) is 24.5 Å². The number of hydrogen-bond acceptors (Lipinski definition) is 9. The van der Waals surface area contributed by atoms with Crippen LogP contribution >= 0.6 is 7.82 Å². The van der Waals surface area contributed by atoms with Crippen LogP contribution in [0.1, 0.15) is 51.0 Å². The lowest BCUT2D eigenvalue weighted by molar-refractivity contribution is -0.147. The number of para-hydroxylation sites is 1. The minimum atomic E-state index is -4.62. The van der Waals surface area contributed by atoms with E-state index in [9.17, 15) is 24.2 Å². The third kappa shape index (κ3) is 13.6. The molecule has 1 rings (SSSR count). The van der Waals surface area contributed by atoms with Crippen molar-refractivity contribution in [3.05, 3.63) is 29.8 Å². The molecule has 0 aliphatic carbocycles. The van der Waals surface area contributed by atoms with E-state index in [2.05, 4.69) is 16.0 Å². The van der Waals surface area contributed by atoms with Crippen LogP contribution in [0.3, 0.4) is 0 Å². The Bertz CT molecular complexity index is 791. The fraction of sp³-hybridized carbons (Fsp3) is 0.636. The van der Waals surface area contributed by atoms with E-state index in [0.29, 0.717) is 13.0 Å². The van der Waals surface area contributed by atoms with Gasteiger partial charge in [-0.2, -0.15) is 0 Å². The number of aliphatic hydroxyl groups is 1. The van der Waals surface area contributed by atoms with Gasteiger partial charge in [-0.05, 0) is 24.5 Å². The zero-order valence-corrected chi connectivity index (χ0v) is 20.4. The van der Waals surface area contributed by atoms with Crippen molar-refractivity contribution in [1.29, 1.82) is 0 Å². The number of ether oxygens (including phenoxy) is 2. The maximum Gasteiger partial charge on any atom is 0.472 e. The fourth-order valence-corrected chi connectivity index (χ4v) is 3.53. The smallest absolute Gasteiger partial charge is 0.472 e. The van der Waals surface area contributed by atoms with Gasteiger partial charge in [0.2, 0.25) is 0 Å². The van der Waals surface area contributed by atoms with Crippen molar-refractivity contribution in [2.45, 2.75) is 64.0 Å². The number of esters is 1. The van der Waals surface area contributed by atoms with E-state index >= 15 is 0 Å². The Morgan fingerprint density at radius 1 is 1.06 bits per heavy atom. The number of nitrogens with two attached hydrogens (primary N) is 1. The highest BCUT2D eigenvalue weighted by molar-refractivity contribution is 7.47. The fourth-order valence-electron chi connectivity index (χ4n) is 2.75. The van der Waals surface area contributed by atoms with Crippen LogP contribution < -0.4 is 10.5 Å². The van der Waals surface area contributed by atoms with Crippen molar-refractivity contribution in [1.82, 2.24) is 0 Å². The second kappa shape index (κ2) is 16.6. The number of carbonyl (C=O) groups is 2. The van der Waals surface area contributed by atoms with E-state index in [1.807, 2.05) is 24.3 Å². The average molecular weight is 506 g/mol. The van der Waals surface area contributed by atoms with Gasteiger partial charge in [-0.15, -0.1) is 0 Å². The Morgan fingerprint density at radius 3 is 2.44 bits per heavy atom. The average Bonchev–Trinajstić information content (AvgIpc) is 2.81. The zero-order valence-electron chi connectivity index (χ0n) is 19.5. The second-order valence-corrected chi connectivity index (χ2v) is 9.17. The van der Waals surface area contributed by atoms with E-state index in [1.165, 1.54) is 19.3 Å². The Balaban J connectivity index is 2.31. The molecule has 0 saturated carbocycles. The number of rotatable bonds is 19. The summed E-state index contributed by atoms with van der Waals surface area (Å²) in [5, 5.41) is 18.4. The van der Waals surface area contributed by atoms with Crippen molar-refractivity contribution in [2.75, 3.05) is 26.4 Å². The molecule has 0 radical (unpaired) electrons. The van der Waals surface area contributed by atoms with Crippen LogP contribution in [-0.4, -0.2) is 65.6 Å². The molecular formula is C22H36NO10P. The molecule has 34 heavy (non-hydrogen) atoms. The molecule has 0 fully saturated rings. The van der Waals surface area contributed by atoms with Crippen molar-refractivity contribution in [2.24, 2.45) is 5.73 Å². The number of phosphoric acid groups is 1. The van der Waals surface area contributed by atoms with Crippen molar-refractivity contribution in [3.63, 3.8) is 0 Å². The van der Waals surface area contributed by atoms with Crippen molar-refractivity contribution >= 4 is 19.8 Å². The van der Waals surface area contributed by atoms with Gasteiger partial charge < -0.3 is 30.3 Å². The van der Waals surface area contributed by atoms with Crippen LogP contribution in [0.15, 0.2) is 24.3 Å². The van der Waals surface area contributed by atoms with E-state index < -0.39 is 51.7 Å². The third-order valence-electron chi connectivity index (χ3n) is 4.68. The molecule has 1 aromatic rings. The number of carbonyl (C=O) groups excluding carboxylic acids is 1. The van der Waals surface area contributed by atoms with Crippen molar-refractivity contribution < 1.29 is 47.8 Å². The lowest BCUT2D eigenvalue weighted by atomic mass is 10.1. The van der Waals surface area contributed by atoms with Gasteiger partial charge >= 0.3 is 19.8 Å². The van der Waals surface area contributed by atoms with Gasteiger partial charge in [0.15, 0.2) is 0 Å². The first kappa shape index (κ1) is 30.0. The van der Waals surface area contributed by atoms with Crippen LogP contribution in [-0.2, 0) is 34.4 Å². The number of aliphatic carboxylic acids is 1. The first-order chi connectivity index (χ1) is 16.1. The Morgan fingerprint density at radius 2 is 1.74 bits per heavy atom. The maximum absolute atomic E-state index is 12.0. The summed E-state index contributed by atoms with van der Waals surface area (Å²) in [5.41, 5.74) is 6.03. The second-order valence-electron chi connectivity index (χ2n) is 7.71. The Hall–Kier alpha value is -2.01. The SMILES string of the molecule is CCCCCCCOc1ccccc1CCC(=O)OC[C@@H](O)COP(=O)(O)OC[C@H](N)C(=O)O. The lowest BCUT2D eigenvalue weighted by Crippen LogP contribution is -2.34. The summed E-state index contributed by atoms with van der Waals surface area (Å²) in [4.78, 5) is 32.0. The number of aliphatic hydroxyl groups excluding tert-OH is 1. The molecule has 3 atom stereocenters. The molecular weight excluding hydrogens is 469 g/mol. The molecule has 0 bridgehead atoms. The van der Waals surface area contributed by atoms with Crippen LogP contribution in [0, 0.1) is 0 Å². The monoisotopic (exact) mass is 505 g/mol. The number of hydrogen-bond donors (Lipinski definition) is 4. The molecule has 0 aromatic heterocycles. The molecule has 1 unspecified atom stereocenters. The van der Waals surface area contributed by atoms with Crippen LogP contribution in [0.25, 0.3) is 0 Å². The molecule has 0 saturated heterocycles. The molecule has 0 aliphatic heterocycles. The van der Waals surface area contributed by atoms with Crippen LogP contribution in [0.5, 0.6) is 5.75 Å². The summed E-state index contributed by atoms with van der Waals surface area (Å²) in [6, 6.07) is 5.94.